The number of carbonyl (C=O) groups excluding carboxylic acids is 1. The lowest BCUT2D eigenvalue weighted by atomic mass is 9.85. The van der Waals surface area contributed by atoms with Gasteiger partial charge in [0.15, 0.2) is 0 Å². The fourth-order valence-corrected chi connectivity index (χ4v) is 4.46. The summed E-state index contributed by atoms with van der Waals surface area (Å²) < 4.78 is 5.54. The molecule has 0 aromatic carbocycles. The summed E-state index contributed by atoms with van der Waals surface area (Å²) in [6.45, 7) is 4.57. The van der Waals surface area contributed by atoms with E-state index in [0.29, 0.717) is 18.5 Å². The number of piperazine rings is 1. The van der Waals surface area contributed by atoms with Crippen LogP contribution in [-0.2, 0) is 0 Å². The number of nitrogens with one attached hydrogen (secondary N) is 1. The molecule has 1 atom stereocenters. The van der Waals surface area contributed by atoms with Crippen molar-refractivity contribution >= 4 is 6.09 Å². The topological polar surface area (TPSA) is 81.5 Å². The third-order valence-electron chi connectivity index (χ3n) is 6.23. The van der Waals surface area contributed by atoms with Crippen molar-refractivity contribution in [2.75, 3.05) is 32.7 Å². The highest BCUT2D eigenvalue weighted by molar-refractivity contribution is 5.71. The first kappa shape index (κ1) is 18.2. The van der Waals surface area contributed by atoms with Gasteiger partial charge in [-0.2, -0.15) is 5.26 Å². The van der Waals surface area contributed by atoms with E-state index in [1.807, 2.05) is 11.0 Å². The molecular formula is C20H27N5O2. The van der Waals surface area contributed by atoms with Gasteiger partial charge >= 0.3 is 6.09 Å². The van der Waals surface area contributed by atoms with E-state index >= 15 is 0 Å². The lowest BCUT2D eigenvalue weighted by Gasteiger charge is -2.49. The molecule has 0 bridgehead atoms. The highest BCUT2D eigenvalue weighted by atomic mass is 16.6. The summed E-state index contributed by atoms with van der Waals surface area (Å²) in [4.78, 5) is 21.5. The van der Waals surface area contributed by atoms with Crippen LogP contribution in [0.1, 0.15) is 37.8 Å². The van der Waals surface area contributed by atoms with Crippen LogP contribution in [0.4, 0.5) is 4.79 Å². The maximum absolute atomic E-state index is 12.9. The number of ether oxygens (including phenoxy) is 1. The summed E-state index contributed by atoms with van der Waals surface area (Å²) in [5.41, 5.74) is 0.255. The standard InChI is InChI=1S/C20H27N5O2/c21-13-16-3-1-6-19(23-16)27-20(26)25-12-11-24(17-4-2-5-17)14-18(25)15-7-9-22-10-8-15/h1,3,6,15,17-18,22H,2,4-5,7-12,14H2. The van der Waals surface area contributed by atoms with Gasteiger partial charge in [-0.05, 0) is 50.8 Å². The van der Waals surface area contributed by atoms with E-state index in [0.717, 1.165) is 39.0 Å². The first-order valence-corrected chi connectivity index (χ1v) is 10.0. The van der Waals surface area contributed by atoms with E-state index in [1.165, 1.54) is 19.3 Å². The van der Waals surface area contributed by atoms with Gasteiger partial charge in [-0.3, -0.25) is 4.90 Å². The number of hydrogen-bond acceptors (Lipinski definition) is 6. The Kier molecular flexibility index (Phi) is 5.55. The van der Waals surface area contributed by atoms with Gasteiger partial charge in [0.05, 0.1) is 6.04 Å². The van der Waals surface area contributed by atoms with Crippen LogP contribution in [0.3, 0.4) is 0 Å². The summed E-state index contributed by atoms with van der Waals surface area (Å²) >= 11 is 0. The van der Waals surface area contributed by atoms with Crippen molar-refractivity contribution in [3.8, 4) is 11.9 Å². The zero-order valence-electron chi connectivity index (χ0n) is 15.6. The number of hydrogen-bond donors (Lipinski definition) is 1. The molecule has 1 aliphatic carbocycles. The molecule has 1 amide bonds. The molecule has 144 valence electrons. The Morgan fingerprint density at radius 2 is 2.04 bits per heavy atom. The minimum Gasteiger partial charge on any atom is -0.391 e. The van der Waals surface area contributed by atoms with Crippen LogP contribution in [0.15, 0.2) is 18.2 Å². The second-order valence-corrected chi connectivity index (χ2v) is 7.77. The van der Waals surface area contributed by atoms with Crippen LogP contribution in [0, 0.1) is 17.2 Å². The van der Waals surface area contributed by atoms with Gasteiger partial charge in [0, 0.05) is 31.7 Å². The molecule has 3 aliphatic rings. The van der Waals surface area contributed by atoms with Gasteiger partial charge in [-0.25, -0.2) is 9.78 Å². The fourth-order valence-electron chi connectivity index (χ4n) is 4.46. The average molecular weight is 369 g/mol. The monoisotopic (exact) mass is 369 g/mol. The summed E-state index contributed by atoms with van der Waals surface area (Å²) in [5.74, 6) is 0.699. The third-order valence-corrected chi connectivity index (χ3v) is 6.23. The smallest absolute Gasteiger partial charge is 0.391 e. The molecule has 1 unspecified atom stereocenters. The Balaban J connectivity index is 1.47. The SMILES string of the molecule is N#Cc1cccc(OC(=O)N2CCN(C3CCC3)CC2C2CCNCC2)n1. The number of carbonyl (C=O) groups is 1. The van der Waals surface area contributed by atoms with Crippen molar-refractivity contribution in [1.82, 2.24) is 20.1 Å². The molecule has 1 N–H and O–H groups in total. The van der Waals surface area contributed by atoms with E-state index < -0.39 is 0 Å². The van der Waals surface area contributed by atoms with Crippen molar-refractivity contribution in [3.05, 3.63) is 23.9 Å². The summed E-state index contributed by atoms with van der Waals surface area (Å²) in [6.07, 6.45) is 5.74. The normalized spacial score (nSPS) is 24.9. The molecule has 4 rings (SSSR count). The number of amides is 1. The Labute approximate surface area is 160 Å². The van der Waals surface area contributed by atoms with Gasteiger partial charge in [-0.15, -0.1) is 0 Å². The van der Waals surface area contributed by atoms with E-state index in [4.69, 9.17) is 10.00 Å². The molecule has 2 saturated heterocycles. The Hall–Kier alpha value is -2.17. The predicted molar refractivity (Wildman–Crippen MR) is 100 cm³/mol. The first-order valence-electron chi connectivity index (χ1n) is 10.0. The van der Waals surface area contributed by atoms with Gasteiger partial charge in [0.25, 0.3) is 0 Å². The Bertz CT molecular complexity index is 709. The van der Waals surface area contributed by atoms with Crippen molar-refractivity contribution < 1.29 is 9.53 Å². The largest absolute Gasteiger partial charge is 0.416 e. The van der Waals surface area contributed by atoms with Gasteiger partial charge in [-0.1, -0.05) is 12.5 Å². The molecular weight excluding hydrogens is 342 g/mol. The minimum absolute atomic E-state index is 0.188. The van der Waals surface area contributed by atoms with E-state index in [-0.39, 0.29) is 23.7 Å². The molecule has 0 radical (unpaired) electrons. The molecule has 3 fully saturated rings. The average Bonchev–Trinajstić information content (AvgIpc) is 2.67. The summed E-state index contributed by atoms with van der Waals surface area (Å²) in [6, 6.07) is 7.78. The lowest BCUT2D eigenvalue weighted by molar-refractivity contribution is 0.00447. The van der Waals surface area contributed by atoms with Gasteiger partial charge in [0.2, 0.25) is 5.88 Å². The maximum Gasteiger partial charge on any atom is 0.416 e. The maximum atomic E-state index is 12.9. The minimum atomic E-state index is -0.339. The van der Waals surface area contributed by atoms with Crippen molar-refractivity contribution in [3.63, 3.8) is 0 Å². The number of aromatic nitrogens is 1. The van der Waals surface area contributed by atoms with Crippen molar-refractivity contribution in [1.29, 1.82) is 5.26 Å². The Morgan fingerprint density at radius 3 is 2.74 bits per heavy atom. The molecule has 2 aliphatic heterocycles. The van der Waals surface area contributed by atoms with Crippen LogP contribution in [0.5, 0.6) is 5.88 Å². The predicted octanol–water partition coefficient (Wildman–Crippen LogP) is 1.99. The molecule has 7 nitrogen and oxygen atoms in total. The molecule has 3 heterocycles. The second kappa shape index (κ2) is 8.24. The fraction of sp³-hybridized carbons (Fsp3) is 0.650. The number of nitriles is 1. The van der Waals surface area contributed by atoms with E-state index in [1.54, 1.807) is 18.2 Å². The highest BCUT2D eigenvalue weighted by Gasteiger charge is 2.40. The first-order chi connectivity index (χ1) is 13.2. The molecule has 1 aromatic heterocycles. The number of nitrogens with zero attached hydrogens (tertiary/aromatic N) is 4. The number of rotatable bonds is 3. The van der Waals surface area contributed by atoms with Crippen molar-refractivity contribution in [2.45, 2.75) is 44.2 Å². The third kappa shape index (κ3) is 4.07. The molecule has 1 saturated carbocycles. The van der Waals surface area contributed by atoms with E-state index in [2.05, 4.69) is 15.2 Å². The van der Waals surface area contributed by atoms with Crippen LogP contribution >= 0.6 is 0 Å². The molecule has 7 heteroatoms. The van der Waals surface area contributed by atoms with Crippen LogP contribution in [0.25, 0.3) is 0 Å². The highest BCUT2D eigenvalue weighted by Crippen LogP contribution is 2.31. The quantitative estimate of drug-likeness (QED) is 0.878. The van der Waals surface area contributed by atoms with Crippen molar-refractivity contribution in [2.24, 2.45) is 5.92 Å². The molecule has 27 heavy (non-hydrogen) atoms. The lowest BCUT2D eigenvalue weighted by Crippen LogP contribution is -2.62. The van der Waals surface area contributed by atoms with Gasteiger partial charge in [0.1, 0.15) is 11.8 Å². The van der Waals surface area contributed by atoms with Gasteiger partial charge < -0.3 is 15.0 Å². The second-order valence-electron chi connectivity index (χ2n) is 7.77. The zero-order valence-corrected chi connectivity index (χ0v) is 15.6. The number of pyridine rings is 1. The Morgan fingerprint density at radius 1 is 1.22 bits per heavy atom. The summed E-state index contributed by atoms with van der Waals surface area (Å²) in [7, 11) is 0. The number of piperidine rings is 1. The zero-order chi connectivity index (χ0) is 18.6. The molecule has 1 aromatic rings. The van der Waals surface area contributed by atoms with Crippen LogP contribution < -0.4 is 10.1 Å². The van der Waals surface area contributed by atoms with Crippen LogP contribution in [0.2, 0.25) is 0 Å². The summed E-state index contributed by atoms with van der Waals surface area (Å²) in [5, 5.41) is 12.4. The van der Waals surface area contributed by atoms with E-state index in [9.17, 15) is 4.79 Å². The van der Waals surface area contributed by atoms with Crippen LogP contribution in [-0.4, -0.2) is 65.7 Å². The molecule has 0 spiro atoms.